The van der Waals surface area contributed by atoms with E-state index in [2.05, 4.69) is 0 Å². The zero-order chi connectivity index (χ0) is 16.5. The Morgan fingerprint density at radius 3 is 2.36 bits per heavy atom. The summed E-state index contributed by atoms with van der Waals surface area (Å²) in [6.45, 7) is 0. The Bertz CT molecular complexity index is 723. The zero-order valence-corrected chi connectivity index (χ0v) is 11.2. The molecular weight excluding hydrogens is 304 g/mol. The highest BCUT2D eigenvalue weighted by atomic mass is 19.4. The van der Waals surface area contributed by atoms with Crippen LogP contribution < -0.4 is 4.74 Å². The summed E-state index contributed by atoms with van der Waals surface area (Å²) in [5, 5.41) is 8.90. The normalized spacial score (nSPS) is 11.3. The van der Waals surface area contributed by atoms with Crippen LogP contribution in [0.4, 0.5) is 17.6 Å². The fraction of sp³-hybridized carbons (Fsp3) is 0.133. The summed E-state index contributed by atoms with van der Waals surface area (Å²) < 4.78 is 56.8. The molecule has 0 amide bonds. The molecule has 1 N–H and O–H groups in total. The second-order valence-electron chi connectivity index (χ2n) is 4.41. The number of aromatic carboxylic acids is 1. The Morgan fingerprint density at radius 1 is 1.14 bits per heavy atom. The van der Waals surface area contributed by atoms with Crippen LogP contribution in [0, 0.1) is 5.82 Å². The number of benzene rings is 2. The van der Waals surface area contributed by atoms with E-state index in [9.17, 15) is 22.4 Å². The molecule has 0 aliphatic heterocycles. The maximum atomic E-state index is 13.4. The highest BCUT2D eigenvalue weighted by Crippen LogP contribution is 2.37. The standard InChI is InChI=1S/C15H10F4O3/c1-22-13-5-3-9(15(17,18)19)7-10(13)8-2-4-12(16)11(6-8)14(20)21/h2-7H,1H3,(H,20,21). The molecule has 2 aromatic rings. The van der Waals surface area contributed by atoms with Crippen molar-refractivity contribution in [3.05, 3.63) is 53.3 Å². The van der Waals surface area contributed by atoms with E-state index in [0.29, 0.717) is 0 Å². The maximum Gasteiger partial charge on any atom is 0.416 e. The SMILES string of the molecule is COc1ccc(C(F)(F)F)cc1-c1ccc(F)c(C(=O)O)c1. The van der Waals surface area contributed by atoms with Gasteiger partial charge in [0, 0.05) is 5.56 Å². The molecule has 0 aliphatic carbocycles. The number of carbonyl (C=O) groups is 1. The molecule has 0 fully saturated rings. The first-order valence-electron chi connectivity index (χ1n) is 6.02. The van der Waals surface area contributed by atoms with Crippen LogP contribution in [0.1, 0.15) is 15.9 Å². The van der Waals surface area contributed by atoms with Crippen LogP contribution in [0.3, 0.4) is 0 Å². The molecule has 0 unspecified atom stereocenters. The largest absolute Gasteiger partial charge is 0.496 e. The van der Waals surface area contributed by atoms with Gasteiger partial charge in [0.2, 0.25) is 0 Å². The molecule has 7 heteroatoms. The molecule has 0 bridgehead atoms. The van der Waals surface area contributed by atoms with E-state index in [4.69, 9.17) is 9.84 Å². The number of halogens is 4. The van der Waals surface area contributed by atoms with Gasteiger partial charge in [-0.05, 0) is 35.9 Å². The van der Waals surface area contributed by atoms with Gasteiger partial charge in [-0.1, -0.05) is 6.07 Å². The lowest BCUT2D eigenvalue weighted by atomic mass is 9.99. The van der Waals surface area contributed by atoms with Gasteiger partial charge in [-0.15, -0.1) is 0 Å². The molecule has 0 heterocycles. The average Bonchev–Trinajstić information content (AvgIpc) is 2.46. The van der Waals surface area contributed by atoms with Crippen molar-refractivity contribution in [3.63, 3.8) is 0 Å². The Hall–Kier alpha value is -2.57. The van der Waals surface area contributed by atoms with Crippen LogP contribution in [0.2, 0.25) is 0 Å². The molecule has 0 spiro atoms. The molecule has 0 aromatic heterocycles. The summed E-state index contributed by atoms with van der Waals surface area (Å²) in [4.78, 5) is 10.9. The number of hydrogen-bond donors (Lipinski definition) is 1. The molecule has 0 saturated carbocycles. The third-order valence-electron chi connectivity index (χ3n) is 3.03. The Morgan fingerprint density at radius 2 is 1.82 bits per heavy atom. The second kappa shape index (κ2) is 5.67. The summed E-state index contributed by atoms with van der Waals surface area (Å²) >= 11 is 0. The molecule has 0 atom stereocenters. The summed E-state index contributed by atoms with van der Waals surface area (Å²) in [6, 6.07) is 5.86. The number of carboxylic acids is 1. The highest BCUT2D eigenvalue weighted by molar-refractivity contribution is 5.90. The number of alkyl halides is 3. The summed E-state index contributed by atoms with van der Waals surface area (Å²) in [5.41, 5.74) is -1.40. The van der Waals surface area contributed by atoms with Crippen molar-refractivity contribution >= 4 is 5.97 Å². The summed E-state index contributed by atoms with van der Waals surface area (Å²) in [7, 11) is 1.27. The number of hydrogen-bond acceptors (Lipinski definition) is 2. The highest BCUT2D eigenvalue weighted by Gasteiger charge is 2.31. The second-order valence-corrected chi connectivity index (χ2v) is 4.41. The Kier molecular flexibility index (Phi) is 4.07. The Balaban J connectivity index is 2.65. The number of rotatable bonds is 3. The summed E-state index contributed by atoms with van der Waals surface area (Å²) in [6.07, 6.45) is -4.56. The van der Waals surface area contributed by atoms with E-state index in [1.54, 1.807) is 0 Å². The van der Waals surface area contributed by atoms with E-state index < -0.39 is 29.1 Å². The van der Waals surface area contributed by atoms with Gasteiger partial charge >= 0.3 is 12.1 Å². The van der Waals surface area contributed by atoms with Crippen LogP contribution in [-0.2, 0) is 6.18 Å². The number of carboxylic acid groups (broad SMARTS) is 1. The molecule has 2 rings (SSSR count). The topological polar surface area (TPSA) is 46.5 Å². The van der Waals surface area contributed by atoms with Gasteiger partial charge < -0.3 is 9.84 Å². The number of ether oxygens (including phenoxy) is 1. The first-order chi connectivity index (χ1) is 10.2. The lowest BCUT2D eigenvalue weighted by Gasteiger charge is -2.13. The van der Waals surface area contributed by atoms with Gasteiger partial charge in [0.05, 0.1) is 18.2 Å². The first kappa shape index (κ1) is 15.8. The van der Waals surface area contributed by atoms with Crippen LogP contribution in [0.25, 0.3) is 11.1 Å². The lowest BCUT2D eigenvalue weighted by molar-refractivity contribution is -0.137. The number of methoxy groups -OCH3 is 1. The van der Waals surface area contributed by atoms with Gasteiger partial charge in [0.1, 0.15) is 11.6 Å². The third-order valence-corrected chi connectivity index (χ3v) is 3.03. The predicted molar refractivity (Wildman–Crippen MR) is 70.3 cm³/mol. The van der Waals surface area contributed by atoms with Gasteiger partial charge in [-0.25, -0.2) is 9.18 Å². The molecule has 3 nitrogen and oxygen atoms in total. The van der Waals surface area contributed by atoms with E-state index in [1.165, 1.54) is 13.2 Å². The molecule has 116 valence electrons. The lowest BCUT2D eigenvalue weighted by Crippen LogP contribution is -2.06. The minimum atomic E-state index is -4.56. The molecule has 22 heavy (non-hydrogen) atoms. The smallest absolute Gasteiger partial charge is 0.416 e. The van der Waals surface area contributed by atoms with Gasteiger partial charge in [-0.2, -0.15) is 13.2 Å². The fourth-order valence-electron chi connectivity index (χ4n) is 1.97. The third kappa shape index (κ3) is 3.03. The van der Waals surface area contributed by atoms with Crippen molar-refractivity contribution in [2.75, 3.05) is 7.11 Å². The van der Waals surface area contributed by atoms with Crippen molar-refractivity contribution in [3.8, 4) is 16.9 Å². The van der Waals surface area contributed by atoms with Crippen LogP contribution in [0.5, 0.6) is 5.75 Å². The van der Waals surface area contributed by atoms with E-state index >= 15 is 0 Å². The minimum absolute atomic E-state index is 0.0276. The van der Waals surface area contributed by atoms with E-state index in [0.717, 1.165) is 30.3 Å². The van der Waals surface area contributed by atoms with Crippen LogP contribution in [-0.4, -0.2) is 18.2 Å². The van der Waals surface area contributed by atoms with Crippen LogP contribution >= 0.6 is 0 Å². The minimum Gasteiger partial charge on any atom is -0.496 e. The van der Waals surface area contributed by atoms with Gasteiger partial charge in [0.15, 0.2) is 0 Å². The molecule has 0 aliphatic rings. The Labute approximate surface area is 122 Å². The van der Waals surface area contributed by atoms with E-state index in [1.807, 2.05) is 0 Å². The van der Waals surface area contributed by atoms with E-state index in [-0.39, 0.29) is 16.9 Å². The molecule has 0 saturated heterocycles. The van der Waals surface area contributed by atoms with Crippen molar-refractivity contribution in [2.45, 2.75) is 6.18 Å². The van der Waals surface area contributed by atoms with Crippen molar-refractivity contribution in [1.82, 2.24) is 0 Å². The first-order valence-corrected chi connectivity index (χ1v) is 6.02. The fourth-order valence-corrected chi connectivity index (χ4v) is 1.97. The summed E-state index contributed by atoms with van der Waals surface area (Å²) in [5.74, 6) is -2.36. The maximum absolute atomic E-state index is 13.4. The zero-order valence-electron chi connectivity index (χ0n) is 11.2. The monoisotopic (exact) mass is 314 g/mol. The van der Waals surface area contributed by atoms with Crippen molar-refractivity contribution < 1.29 is 32.2 Å². The van der Waals surface area contributed by atoms with Crippen LogP contribution in [0.15, 0.2) is 36.4 Å². The molecule has 0 radical (unpaired) electrons. The van der Waals surface area contributed by atoms with Crippen molar-refractivity contribution in [1.29, 1.82) is 0 Å². The van der Waals surface area contributed by atoms with Crippen molar-refractivity contribution in [2.24, 2.45) is 0 Å². The average molecular weight is 314 g/mol. The quantitative estimate of drug-likeness (QED) is 0.863. The molecule has 2 aromatic carbocycles. The van der Waals surface area contributed by atoms with Gasteiger partial charge in [-0.3, -0.25) is 0 Å². The van der Waals surface area contributed by atoms with Gasteiger partial charge in [0.25, 0.3) is 0 Å². The predicted octanol–water partition coefficient (Wildman–Crippen LogP) is 4.22. The molecular formula is C15H10F4O3.